The molecule has 11 rings (SSSR count). The molecule has 0 bridgehead atoms. The van der Waals surface area contributed by atoms with Gasteiger partial charge in [-0.2, -0.15) is 0 Å². The third kappa shape index (κ3) is 4.08. The van der Waals surface area contributed by atoms with E-state index in [1.165, 1.54) is 33.0 Å². The van der Waals surface area contributed by atoms with Crippen LogP contribution in [0.25, 0.3) is 76.9 Å². The van der Waals surface area contributed by atoms with Crippen LogP contribution < -0.4 is 4.90 Å². The van der Waals surface area contributed by atoms with Crippen LogP contribution in [0, 0.1) is 0 Å². The summed E-state index contributed by atoms with van der Waals surface area (Å²) in [6, 6.07) is 58.8. The van der Waals surface area contributed by atoms with E-state index in [1.54, 1.807) is 0 Å². The summed E-state index contributed by atoms with van der Waals surface area (Å²) in [5.74, 6) is 0. The molecule has 0 saturated heterocycles. The molecule has 10 aromatic rings. The van der Waals surface area contributed by atoms with Crippen molar-refractivity contribution in [1.82, 2.24) is 0 Å². The third-order valence-electron chi connectivity index (χ3n) is 11.3. The van der Waals surface area contributed by atoms with Gasteiger partial charge in [0.1, 0.15) is 22.3 Å². The van der Waals surface area contributed by atoms with E-state index in [2.05, 4.69) is 170 Å². The van der Waals surface area contributed by atoms with E-state index in [4.69, 9.17) is 8.83 Å². The summed E-state index contributed by atoms with van der Waals surface area (Å²) in [7, 11) is 0. The molecule has 246 valence electrons. The van der Waals surface area contributed by atoms with E-state index < -0.39 is 0 Å². The van der Waals surface area contributed by atoms with Crippen LogP contribution in [-0.4, -0.2) is 0 Å². The first kappa shape index (κ1) is 29.2. The van der Waals surface area contributed by atoms with Gasteiger partial charge in [0.2, 0.25) is 0 Å². The van der Waals surface area contributed by atoms with Crippen LogP contribution in [0.3, 0.4) is 0 Å². The molecular weight excluding hydrogens is 635 g/mol. The Hall–Kier alpha value is -6.58. The minimum absolute atomic E-state index is 0.164. The minimum atomic E-state index is -0.164. The first-order chi connectivity index (χ1) is 25.5. The molecule has 1 aliphatic rings. The Morgan fingerprint density at radius 3 is 1.96 bits per heavy atom. The molecule has 3 heteroatoms. The third-order valence-corrected chi connectivity index (χ3v) is 11.3. The Morgan fingerprint density at radius 1 is 0.423 bits per heavy atom. The number of rotatable bonds is 4. The zero-order valence-electron chi connectivity index (χ0n) is 28.9. The van der Waals surface area contributed by atoms with Gasteiger partial charge in [-0.3, -0.25) is 0 Å². The number of nitrogens with zero attached hydrogens (tertiary/aromatic N) is 1. The Labute approximate surface area is 301 Å². The van der Waals surface area contributed by atoms with E-state index in [0.717, 1.165) is 72.1 Å². The van der Waals surface area contributed by atoms with Crippen LogP contribution in [0.15, 0.2) is 173 Å². The van der Waals surface area contributed by atoms with Crippen LogP contribution in [0.4, 0.5) is 17.1 Å². The largest absolute Gasteiger partial charge is 0.456 e. The lowest BCUT2D eigenvalue weighted by Gasteiger charge is -2.30. The van der Waals surface area contributed by atoms with E-state index in [1.807, 2.05) is 12.1 Å². The van der Waals surface area contributed by atoms with E-state index in [9.17, 15) is 0 Å². The standard InChI is InChI=1S/C49H33NO2/c1-49(2)40-18-10-8-16-36(40)37-23-21-32(28-41(37)49)50(33-22-24-39-38-17-9-11-19-42(38)51-45(39)29-33)48-35(30-12-4-3-5-13-30)25-27-44-47(48)46-34-15-7-6-14-31(34)20-26-43(46)52-44/h3-29H,1-2H3. The van der Waals surface area contributed by atoms with Crippen molar-refractivity contribution in [2.45, 2.75) is 19.3 Å². The van der Waals surface area contributed by atoms with Crippen molar-refractivity contribution in [2.24, 2.45) is 0 Å². The van der Waals surface area contributed by atoms with Gasteiger partial charge < -0.3 is 13.7 Å². The molecule has 0 atom stereocenters. The number of anilines is 3. The molecule has 3 nitrogen and oxygen atoms in total. The molecule has 0 amide bonds. The van der Waals surface area contributed by atoms with Crippen molar-refractivity contribution in [3.63, 3.8) is 0 Å². The van der Waals surface area contributed by atoms with Gasteiger partial charge in [0.15, 0.2) is 0 Å². The fourth-order valence-corrected chi connectivity index (χ4v) is 8.79. The second kappa shape index (κ2) is 10.7. The summed E-state index contributed by atoms with van der Waals surface area (Å²) >= 11 is 0. The topological polar surface area (TPSA) is 29.5 Å². The predicted octanol–water partition coefficient (Wildman–Crippen LogP) is 14.1. The van der Waals surface area contributed by atoms with Crippen molar-refractivity contribution < 1.29 is 8.83 Å². The molecule has 0 spiro atoms. The summed E-state index contributed by atoms with van der Waals surface area (Å²) in [5.41, 5.74) is 14.0. The monoisotopic (exact) mass is 667 g/mol. The van der Waals surface area contributed by atoms with E-state index in [-0.39, 0.29) is 5.41 Å². The maximum atomic E-state index is 6.73. The van der Waals surface area contributed by atoms with Gasteiger partial charge in [-0.1, -0.05) is 123 Å². The van der Waals surface area contributed by atoms with E-state index in [0.29, 0.717) is 0 Å². The highest BCUT2D eigenvalue weighted by molar-refractivity contribution is 6.25. The Bertz CT molecular complexity index is 3050. The number of furan rings is 2. The van der Waals surface area contributed by atoms with Gasteiger partial charge in [-0.25, -0.2) is 0 Å². The van der Waals surface area contributed by atoms with Crippen LogP contribution in [0.2, 0.25) is 0 Å². The number of benzene rings is 8. The smallest absolute Gasteiger partial charge is 0.137 e. The molecule has 0 unspecified atom stereocenters. The number of fused-ring (bicyclic) bond motifs is 11. The van der Waals surface area contributed by atoms with Gasteiger partial charge in [0.05, 0.1) is 11.1 Å². The summed E-state index contributed by atoms with van der Waals surface area (Å²) in [5, 5.41) is 6.77. The van der Waals surface area contributed by atoms with Crippen LogP contribution in [0.5, 0.6) is 0 Å². The van der Waals surface area contributed by atoms with Crippen molar-refractivity contribution in [2.75, 3.05) is 4.90 Å². The Balaban J connectivity index is 1.28. The van der Waals surface area contributed by atoms with E-state index >= 15 is 0 Å². The maximum absolute atomic E-state index is 6.73. The second-order valence-electron chi connectivity index (χ2n) is 14.5. The number of para-hydroxylation sites is 1. The summed E-state index contributed by atoms with van der Waals surface area (Å²) < 4.78 is 13.3. The molecular formula is C49H33NO2. The van der Waals surface area contributed by atoms with Crippen molar-refractivity contribution in [3.05, 3.63) is 175 Å². The fraction of sp³-hybridized carbons (Fsp3) is 0.0612. The molecule has 8 aromatic carbocycles. The molecule has 0 fully saturated rings. The quantitative estimate of drug-likeness (QED) is 0.187. The fourth-order valence-electron chi connectivity index (χ4n) is 8.79. The molecule has 0 aliphatic heterocycles. The predicted molar refractivity (Wildman–Crippen MR) is 216 cm³/mol. The summed E-state index contributed by atoms with van der Waals surface area (Å²) in [4.78, 5) is 2.44. The molecule has 0 N–H and O–H groups in total. The average molecular weight is 668 g/mol. The van der Waals surface area contributed by atoms with Gasteiger partial charge in [0, 0.05) is 44.6 Å². The first-order valence-corrected chi connectivity index (χ1v) is 17.9. The molecule has 0 saturated carbocycles. The second-order valence-corrected chi connectivity index (χ2v) is 14.5. The highest BCUT2D eigenvalue weighted by Crippen LogP contribution is 2.53. The highest BCUT2D eigenvalue weighted by atomic mass is 16.3. The zero-order chi connectivity index (χ0) is 34.6. The highest BCUT2D eigenvalue weighted by Gasteiger charge is 2.36. The number of hydrogen-bond acceptors (Lipinski definition) is 3. The van der Waals surface area contributed by atoms with Gasteiger partial charge in [0.25, 0.3) is 0 Å². The lowest BCUT2D eigenvalue weighted by Crippen LogP contribution is -2.17. The average Bonchev–Trinajstić information content (AvgIpc) is 3.83. The molecule has 1 aliphatic carbocycles. The van der Waals surface area contributed by atoms with Gasteiger partial charge >= 0.3 is 0 Å². The normalized spacial score (nSPS) is 13.3. The first-order valence-electron chi connectivity index (χ1n) is 17.9. The minimum Gasteiger partial charge on any atom is -0.456 e. The van der Waals surface area contributed by atoms with Crippen molar-refractivity contribution >= 4 is 71.7 Å². The Morgan fingerprint density at radius 2 is 1.06 bits per heavy atom. The maximum Gasteiger partial charge on any atom is 0.137 e. The summed E-state index contributed by atoms with van der Waals surface area (Å²) in [6.07, 6.45) is 0. The van der Waals surface area contributed by atoms with Gasteiger partial charge in [-0.05, 0) is 87.1 Å². The SMILES string of the molecule is CC1(C)c2ccccc2-c2ccc(N(c3ccc4c(c3)oc3ccccc34)c3c(-c4ccccc4)ccc4oc5ccc6ccccc6c5c34)cc21. The lowest BCUT2D eigenvalue weighted by atomic mass is 9.82. The summed E-state index contributed by atoms with van der Waals surface area (Å²) in [6.45, 7) is 4.69. The zero-order valence-corrected chi connectivity index (χ0v) is 28.9. The van der Waals surface area contributed by atoms with Crippen LogP contribution in [0.1, 0.15) is 25.0 Å². The van der Waals surface area contributed by atoms with Crippen molar-refractivity contribution in [1.29, 1.82) is 0 Å². The van der Waals surface area contributed by atoms with Crippen LogP contribution in [-0.2, 0) is 5.41 Å². The number of hydrogen-bond donors (Lipinski definition) is 0. The van der Waals surface area contributed by atoms with Crippen molar-refractivity contribution in [3.8, 4) is 22.3 Å². The lowest BCUT2D eigenvalue weighted by molar-refractivity contribution is 0.660. The molecule has 0 radical (unpaired) electrons. The Kier molecular flexibility index (Phi) is 6.01. The molecule has 52 heavy (non-hydrogen) atoms. The van der Waals surface area contributed by atoms with Crippen LogP contribution >= 0.6 is 0 Å². The molecule has 2 aromatic heterocycles. The van der Waals surface area contributed by atoms with Gasteiger partial charge in [-0.15, -0.1) is 0 Å². The molecule has 2 heterocycles.